The van der Waals surface area contributed by atoms with Crippen LogP contribution in [0.4, 0.5) is 8.78 Å². The van der Waals surface area contributed by atoms with Gasteiger partial charge in [-0.2, -0.15) is 0 Å². The average molecular weight is 488 g/mol. The number of halogens is 2. The molecule has 0 saturated carbocycles. The van der Waals surface area contributed by atoms with Crippen LogP contribution < -0.4 is 34.3 Å². The first kappa shape index (κ1) is 29.3. The fraction of sp³-hybridized carbons (Fsp3) is 0.375. The Labute approximate surface area is 217 Å². The summed E-state index contributed by atoms with van der Waals surface area (Å²) in [5.41, 5.74) is 2.16. The number of benzene rings is 2. The van der Waals surface area contributed by atoms with E-state index in [0.717, 1.165) is 31.1 Å². The molecule has 2 aromatic carbocycles. The van der Waals surface area contributed by atoms with Crippen LogP contribution in [0.1, 0.15) is 49.8 Å². The maximum atomic E-state index is 14.4. The molecule has 0 N–H and O–H groups in total. The predicted octanol–water partition coefficient (Wildman–Crippen LogP) is 3.56. The summed E-state index contributed by atoms with van der Waals surface area (Å²) in [7, 11) is -1.86. The molecular weight excluding hydrogens is 459 g/mol. The number of para-hydroxylation sites is 1. The number of unbranched alkanes of at least 4 members (excludes halogenated alkanes) is 3. The minimum Gasteiger partial charge on any atom is -0.483 e. The van der Waals surface area contributed by atoms with Gasteiger partial charge in [0.2, 0.25) is 0 Å². The molecule has 0 spiro atoms. The molecule has 0 aliphatic heterocycles. The van der Waals surface area contributed by atoms with Gasteiger partial charge in [0.1, 0.15) is 24.4 Å². The standard InChI is InChI=1S/C23H25F2NO2.CH3O2S.Na/c1-3-4-5-6-10-22-26-17(14-27-22)15-28-23-18(8-7-9-21(23)25)19-13-16(2)11-12-20(19)24;1-4(2)3;/h7-9,11-14H,3-6,10,15H2,1-2H3;1H3;/q;-1;+1. The van der Waals surface area contributed by atoms with E-state index in [1.807, 2.05) is 6.92 Å². The van der Waals surface area contributed by atoms with Gasteiger partial charge in [0.05, 0.1) is 0 Å². The number of ether oxygens (including phenoxy) is 1. The second-order valence-electron chi connectivity index (χ2n) is 7.33. The molecule has 0 amide bonds. The molecule has 0 bridgehead atoms. The van der Waals surface area contributed by atoms with Gasteiger partial charge in [-0.15, -0.1) is 0 Å². The van der Waals surface area contributed by atoms with Crippen molar-refractivity contribution in [3.63, 3.8) is 0 Å². The van der Waals surface area contributed by atoms with E-state index >= 15 is 0 Å². The Bertz CT molecular complexity index is 1080. The van der Waals surface area contributed by atoms with Crippen LogP contribution in [0.3, 0.4) is 0 Å². The molecule has 33 heavy (non-hydrogen) atoms. The molecule has 174 valence electrons. The monoisotopic (exact) mass is 487 g/mol. The van der Waals surface area contributed by atoms with Crippen molar-refractivity contribution in [2.75, 3.05) is 6.26 Å². The summed E-state index contributed by atoms with van der Waals surface area (Å²) in [6.45, 7) is 4.08. The fourth-order valence-electron chi connectivity index (χ4n) is 3.09. The second kappa shape index (κ2) is 15.2. The van der Waals surface area contributed by atoms with Crippen LogP contribution in [0.5, 0.6) is 5.75 Å². The van der Waals surface area contributed by atoms with Crippen molar-refractivity contribution in [3.8, 4) is 16.9 Å². The summed E-state index contributed by atoms with van der Waals surface area (Å²) in [6.07, 6.45) is 7.94. The SMILES string of the molecule is CCCCCCc1nc(COc2c(F)cccc2-c2cc(C)ccc2F)co1.C[S-](=O)=O.[Na+]. The number of nitrogens with zero attached hydrogens (tertiary/aromatic N) is 1. The predicted molar refractivity (Wildman–Crippen MR) is 120 cm³/mol. The van der Waals surface area contributed by atoms with Crippen molar-refractivity contribution < 1.29 is 55.9 Å². The molecule has 0 aliphatic carbocycles. The first-order chi connectivity index (χ1) is 15.3. The van der Waals surface area contributed by atoms with Gasteiger partial charge in [0.15, 0.2) is 17.5 Å². The molecular formula is C24H28F2NNaO4S. The van der Waals surface area contributed by atoms with Crippen LogP contribution in [-0.2, 0) is 32.1 Å². The molecule has 3 rings (SSSR count). The van der Waals surface area contributed by atoms with Crippen molar-refractivity contribution in [1.82, 2.24) is 4.98 Å². The van der Waals surface area contributed by atoms with Crippen LogP contribution in [0.15, 0.2) is 47.1 Å². The fourth-order valence-corrected chi connectivity index (χ4v) is 3.09. The van der Waals surface area contributed by atoms with Gasteiger partial charge in [-0.3, -0.25) is 0 Å². The third-order valence-electron chi connectivity index (χ3n) is 4.59. The van der Waals surface area contributed by atoms with Gasteiger partial charge in [-0.1, -0.05) is 66.9 Å². The van der Waals surface area contributed by atoms with Crippen LogP contribution in [0.25, 0.3) is 11.1 Å². The molecule has 0 saturated heterocycles. The van der Waals surface area contributed by atoms with Gasteiger partial charge < -0.3 is 17.6 Å². The first-order valence-corrected chi connectivity index (χ1v) is 11.9. The van der Waals surface area contributed by atoms with E-state index in [-0.39, 0.29) is 41.9 Å². The summed E-state index contributed by atoms with van der Waals surface area (Å²) < 4.78 is 57.9. The molecule has 0 fully saturated rings. The number of rotatable bonds is 9. The van der Waals surface area contributed by atoms with Crippen LogP contribution in [0, 0.1) is 18.6 Å². The van der Waals surface area contributed by atoms with Crippen LogP contribution in [0.2, 0.25) is 0 Å². The van der Waals surface area contributed by atoms with Gasteiger partial charge >= 0.3 is 29.6 Å². The van der Waals surface area contributed by atoms with E-state index in [1.54, 1.807) is 24.3 Å². The van der Waals surface area contributed by atoms with Gasteiger partial charge in [0, 0.05) is 17.5 Å². The van der Waals surface area contributed by atoms with Crippen LogP contribution in [-0.4, -0.2) is 11.2 Å². The summed E-state index contributed by atoms with van der Waals surface area (Å²) in [6, 6.07) is 9.23. The zero-order valence-electron chi connectivity index (χ0n) is 19.5. The Morgan fingerprint density at radius 3 is 2.45 bits per heavy atom. The second-order valence-corrected chi connectivity index (χ2v) is 8.14. The van der Waals surface area contributed by atoms with E-state index in [2.05, 4.69) is 11.9 Å². The molecule has 3 aromatic rings. The Kier molecular flexibility index (Phi) is 13.5. The van der Waals surface area contributed by atoms with Crippen molar-refractivity contribution in [2.24, 2.45) is 0 Å². The van der Waals surface area contributed by atoms with Crippen molar-refractivity contribution >= 4 is 10.7 Å². The van der Waals surface area contributed by atoms with E-state index in [0.29, 0.717) is 22.7 Å². The maximum Gasteiger partial charge on any atom is 1.00 e. The third kappa shape index (κ3) is 9.96. The molecule has 9 heteroatoms. The Hall–Kier alpha value is -1.74. The molecule has 5 nitrogen and oxygen atoms in total. The Morgan fingerprint density at radius 1 is 1.03 bits per heavy atom. The molecule has 0 unspecified atom stereocenters. The van der Waals surface area contributed by atoms with E-state index in [1.165, 1.54) is 31.2 Å². The zero-order chi connectivity index (χ0) is 23.5. The summed E-state index contributed by atoms with van der Waals surface area (Å²) in [5, 5.41) is 0. The largest absolute Gasteiger partial charge is 1.00 e. The smallest absolute Gasteiger partial charge is 0.483 e. The number of hydrogen-bond acceptors (Lipinski definition) is 6. The zero-order valence-corrected chi connectivity index (χ0v) is 22.3. The quantitative estimate of drug-likeness (QED) is 0.262. The van der Waals surface area contributed by atoms with Crippen molar-refractivity contribution in [3.05, 3.63) is 71.4 Å². The molecule has 1 heterocycles. The summed E-state index contributed by atoms with van der Waals surface area (Å²) in [4.78, 5) is 4.40. The van der Waals surface area contributed by atoms with Crippen molar-refractivity contribution in [2.45, 2.75) is 52.6 Å². The maximum absolute atomic E-state index is 14.4. The van der Waals surface area contributed by atoms with Gasteiger partial charge in [0.25, 0.3) is 0 Å². The minimum atomic E-state index is -1.86. The molecule has 1 aromatic heterocycles. The van der Waals surface area contributed by atoms with Crippen molar-refractivity contribution in [1.29, 1.82) is 0 Å². The number of oxazole rings is 1. The number of aromatic nitrogens is 1. The average Bonchev–Trinajstić information content (AvgIpc) is 3.19. The van der Waals surface area contributed by atoms with Gasteiger partial charge in [-0.05, 0) is 31.5 Å². The van der Waals surface area contributed by atoms with E-state index < -0.39 is 22.3 Å². The topological polar surface area (TPSA) is 69.4 Å². The first-order valence-electron chi connectivity index (χ1n) is 10.4. The number of hydrogen-bond donors (Lipinski definition) is 0. The minimum absolute atomic E-state index is 0. The van der Waals surface area contributed by atoms with Gasteiger partial charge in [-0.25, -0.2) is 13.8 Å². The molecule has 0 aliphatic rings. The Balaban J connectivity index is 0.00000101. The summed E-state index contributed by atoms with van der Waals surface area (Å²) in [5.74, 6) is -0.286. The number of aryl methyl sites for hydroxylation is 2. The van der Waals surface area contributed by atoms with E-state index in [9.17, 15) is 8.78 Å². The van der Waals surface area contributed by atoms with Crippen LogP contribution >= 0.6 is 0 Å². The Morgan fingerprint density at radius 2 is 1.76 bits per heavy atom. The summed E-state index contributed by atoms with van der Waals surface area (Å²) >= 11 is 0. The molecule has 0 radical (unpaired) electrons. The normalized spacial score (nSPS) is 10.4. The third-order valence-corrected chi connectivity index (χ3v) is 4.59. The van der Waals surface area contributed by atoms with E-state index in [4.69, 9.17) is 17.6 Å². The molecule has 0 atom stereocenters.